The fourth-order valence-corrected chi connectivity index (χ4v) is 2.57. The van der Waals surface area contributed by atoms with E-state index in [-0.39, 0.29) is 11.2 Å². The molecule has 1 aromatic heterocycles. The summed E-state index contributed by atoms with van der Waals surface area (Å²) in [5, 5.41) is 1.07. The molecule has 0 aliphatic carbocycles. The van der Waals surface area contributed by atoms with Crippen molar-refractivity contribution in [2.75, 3.05) is 0 Å². The molecule has 2 nitrogen and oxygen atoms in total. The van der Waals surface area contributed by atoms with Crippen LogP contribution < -0.4 is 0 Å². The number of hydrogen-bond donors (Lipinski definition) is 0. The molecule has 1 atom stereocenters. The number of aryl methyl sites for hydroxylation is 1. The molecular formula is C12H19NOS. The summed E-state index contributed by atoms with van der Waals surface area (Å²) in [7, 11) is 0. The lowest BCUT2D eigenvalue weighted by molar-refractivity contribution is 0.101. The van der Waals surface area contributed by atoms with Crippen LogP contribution >= 0.6 is 11.3 Å². The first-order valence-electron chi connectivity index (χ1n) is 5.21. The second kappa shape index (κ2) is 4.05. The number of carbonyl (C=O) groups is 1. The van der Waals surface area contributed by atoms with E-state index in [1.165, 1.54) is 0 Å². The SMILES string of the molecule is CC(=O)c1nc(C(C)C(C)(C)C)sc1C. The molecule has 1 heterocycles. The molecule has 0 saturated heterocycles. The van der Waals surface area contributed by atoms with Crippen LogP contribution in [0.3, 0.4) is 0 Å². The van der Waals surface area contributed by atoms with Crippen LogP contribution in [-0.4, -0.2) is 10.8 Å². The van der Waals surface area contributed by atoms with Gasteiger partial charge in [0.15, 0.2) is 5.78 Å². The summed E-state index contributed by atoms with van der Waals surface area (Å²) in [6.45, 7) is 12.3. The molecule has 0 radical (unpaired) electrons. The largest absolute Gasteiger partial charge is 0.293 e. The van der Waals surface area contributed by atoms with Crippen molar-refractivity contribution < 1.29 is 4.79 Å². The first-order chi connectivity index (χ1) is 6.73. The molecule has 0 aliphatic heterocycles. The smallest absolute Gasteiger partial charge is 0.179 e. The minimum Gasteiger partial charge on any atom is -0.293 e. The van der Waals surface area contributed by atoms with Gasteiger partial charge in [-0.3, -0.25) is 4.79 Å². The van der Waals surface area contributed by atoms with Crippen molar-refractivity contribution in [3.8, 4) is 0 Å². The summed E-state index contributed by atoms with van der Waals surface area (Å²) in [6, 6.07) is 0. The number of aromatic nitrogens is 1. The molecule has 84 valence electrons. The van der Waals surface area contributed by atoms with Gasteiger partial charge in [-0.2, -0.15) is 0 Å². The van der Waals surface area contributed by atoms with Crippen LogP contribution in [0, 0.1) is 12.3 Å². The van der Waals surface area contributed by atoms with E-state index in [9.17, 15) is 4.79 Å². The zero-order chi connectivity index (χ0) is 11.8. The molecule has 0 bridgehead atoms. The Balaban J connectivity index is 3.08. The first-order valence-corrected chi connectivity index (χ1v) is 6.03. The Morgan fingerprint density at radius 1 is 1.40 bits per heavy atom. The van der Waals surface area contributed by atoms with Gasteiger partial charge in [-0.05, 0) is 12.3 Å². The number of carbonyl (C=O) groups excluding carboxylic acids is 1. The lowest BCUT2D eigenvalue weighted by atomic mass is 9.82. The van der Waals surface area contributed by atoms with Gasteiger partial charge in [0.25, 0.3) is 0 Å². The minimum absolute atomic E-state index is 0.0658. The van der Waals surface area contributed by atoms with Gasteiger partial charge >= 0.3 is 0 Å². The van der Waals surface area contributed by atoms with E-state index in [4.69, 9.17) is 0 Å². The molecule has 0 aliphatic rings. The quantitative estimate of drug-likeness (QED) is 0.716. The monoisotopic (exact) mass is 225 g/mol. The minimum atomic E-state index is 0.0658. The van der Waals surface area contributed by atoms with Crippen molar-refractivity contribution in [2.45, 2.75) is 47.5 Å². The standard InChI is InChI=1S/C12H19NOS/c1-7(12(4,5)6)11-13-10(8(2)14)9(3)15-11/h7H,1-6H3. The molecule has 3 heteroatoms. The van der Waals surface area contributed by atoms with Crippen LogP contribution in [0.1, 0.15) is 60.9 Å². The average Bonchev–Trinajstić information content (AvgIpc) is 2.44. The third-order valence-electron chi connectivity index (χ3n) is 2.82. The molecule has 1 rings (SSSR count). The second-order valence-corrected chi connectivity index (χ2v) is 6.34. The van der Waals surface area contributed by atoms with E-state index in [0.29, 0.717) is 11.6 Å². The third-order valence-corrected chi connectivity index (χ3v) is 3.97. The topological polar surface area (TPSA) is 30.0 Å². The zero-order valence-electron chi connectivity index (χ0n) is 10.3. The number of hydrogen-bond acceptors (Lipinski definition) is 3. The van der Waals surface area contributed by atoms with Crippen molar-refractivity contribution >= 4 is 17.1 Å². The van der Waals surface area contributed by atoms with Gasteiger partial charge in [-0.15, -0.1) is 11.3 Å². The fraction of sp³-hybridized carbons (Fsp3) is 0.667. The molecule has 0 N–H and O–H groups in total. The maximum Gasteiger partial charge on any atom is 0.179 e. The van der Waals surface area contributed by atoms with Crippen molar-refractivity contribution in [1.82, 2.24) is 4.98 Å². The Morgan fingerprint density at radius 2 is 1.93 bits per heavy atom. The maximum absolute atomic E-state index is 11.3. The Kier molecular flexibility index (Phi) is 3.34. The van der Waals surface area contributed by atoms with Gasteiger partial charge in [-0.25, -0.2) is 4.98 Å². The van der Waals surface area contributed by atoms with Crippen molar-refractivity contribution in [1.29, 1.82) is 0 Å². The van der Waals surface area contributed by atoms with Crippen molar-refractivity contribution in [3.63, 3.8) is 0 Å². The van der Waals surface area contributed by atoms with Gasteiger partial charge in [0.1, 0.15) is 5.69 Å². The second-order valence-electron chi connectivity index (χ2n) is 5.10. The predicted molar refractivity (Wildman–Crippen MR) is 64.7 cm³/mol. The number of ketones is 1. The van der Waals surface area contributed by atoms with E-state index < -0.39 is 0 Å². The summed E-state index contributed by atoms with van der Waals surface area (Å²) in [5.41, 5.74) is 0.837. The van der Waals surface area contributed by atoms with Crippen LogP contribution in [0.25, 0.3) is 0 Å². The first kappa shape index (κ1) is 12.4. The Bertz CT molecular complexity index is 373. The van der Waals surface area contributed by atoms with Crippen molar-refractivity contribution in [2.24, 2.45) is 5.41 Å². The summed E-state index contributed by atoms with van der Waals surface area (Å²) in [6.07, 6.45) is 0. The van der Waals surface area contributed by atoms with E-state index in [2.05, 4.69) is 32.7 Å². The molecule has 0 fully saturated rings. The highest BCUT2D eigenvalue weighted by molar-refractivity contribution is 7.12. The van der Waals surface area contributed by atoms with Gasteiger partial charge < -0.3 is 0 Å². The third kappa shape index (κ3) is 2.65. The Labute approximate surface area is 95.7 Å². The van der Waals surface area contributed by atoms with Crippen LogP contribution in [-0.2, 0) is 0 Å². The highest BCUT2D eigenvalue weighted by atomic mass is 32.1. The molecule has 1 aromatic rings. The number of thiazole rings is 1. The molecule has 1 unspecified atom stereocenters. The molecule has 0 spiro atoms. The molecular weight excluding hydrogens is 206 g/mol. The lowest BCUT2D eigenvalue weighted by Gasteiger charge is -2.25. The van der Waals surface area contributed by atoms with E-state index in [0.717, 1.165) is 9.88 Å². The van der Waals surface area contributed by atoms with Crippen LogP contribution in [0.5, 0.6) is 0 Å². The average molecular weight is 225 g/mol. The highest BCUT2D eigenvalue weighted by Gasteiger charge is 2.25. The highest BCUT2D eigenvalue weighted by Crippen LogP contribution is 2.37. The zero-order valence-corrected chi connectivity index (χ0v) is 11.2. The number of nitrogens with zero attached hydrogens (tertiary/aromatic N) is 1. The molecule has 0 amide bonds. The Morgan fingerprint density at radius 3 is 2.27 bits per heavy atom. The summed E-state index contributed by atoms with van der Waals surface area (Å²) in [5.74, 6) is 0.449. The van der Waals surface area contributed by atoms with Crippen LogP contribution in [0.2, 0.25) is 0 Å². The maximum atomic E-state index is 11.3. The Hall–Kier alpha value is -0.700. The van der Waals surface area contributed by atoms with Gasteiger partial charge in [0.05, 0.1) is 5.01 Å². The predicted octanol–water partition coefficient (Wildman–Crippen LogP) is 3.80. The number of rotatable bonds is 2. The van der Waals surface area contributed by atoms with E-state index in [1.807, 2.05) is 6.92 Å². The van der Waals surface area contributed by atoms with Gasteiger partial charge in [0.2, 0.25) is 0 Å². The lowest BCUT2D eigenvalue weighted by Crippen LogP contribution is -2.15. The normalized spacial score (nSPS) is 14.0. The molecule has 15 heavy (non-hydrogen) atoms. The van der Waals surface area contributed by atoms with Gasteiger partial charge in [-0.1, -0.05) is 27.7 Å². The number of Topliss-reactive ketones (excluding diaryl/α,β-unsaturated/α-hetero) is 1. The summed E-state index contributed by atoms with van der Waals surface area (Å²) >= 11 is 1.65. The molecule has 0 saturated carbocycles. The molecule has 0 aromatic carbocycles. The van der Waals surface area contributed by atoms with Gasteiger partial charge in [0, 0.05) is 17.7 Å². The summed E-state index contributed by atoms with van der Waals surface area (Å²) in [4.78, 5) is 16.8. The fourth-order valence-electron chi connectivity index (χ4n) is 1.30. The van der Waals surface area contributed by atoms with E-state index >= 15 is 0 Å². The van der Waals surface area contributed by atoms with Crippen molar-refractivity contribution in [3.05, 3.63) is 15.6 Å². The van der Waals surface area contributed by atoms with E-state index in [1.54, 1.807) is 18.3 Å². The summed E-state index contributed by atoms with van der Waals surface area (Å²) < 4.78 is 0. The van der Waals surface area contributed by atoms with Crippen LogP contribution in [0.4, 0.5) is 0 Å². The van der Waals surface area contributed by atoms with Crippen LogP contribution in [0.15, 0.2) is 0 Å².